The van der Waals surface area contributed by atoms with Crippen LogP contribution < -0.4 is 16.4 Å². The number of nitrogens with two attached hydrogens (primary N) is 1. The van der Waals surface area contributed by atoms with E-state index in [4.69, 9.17) is 5.73 Å². The van der Waals surface area contributed by atoms with Crippen LogP contribution in [0.3, 0.4) is 0 Å². The summed E-state index contributed by atoms with van der Waals surface area (Å²) in [5.74, 6) is -0.473. The fourth-order valence-electron chi connectivity index (χ4n) is 2.01. The molecule has 0 bridgehead atoms. The van der Waals surface area contributed by atoms with Crippen molar-refractivity contribution >= 4 is 29.9 Å². The third kappa shape index (κ3) is 3.45. The third-order valence-electron chi connectivity index (χ3n) is 3.34. The summed E-state index contributed by atoms with van der Waals surface area (Å²) in [5.41, 5.74) is 5.90. The smallest absolute Gasteiger partial charge is 0.248 e. The van der Waals surface area contributed by atoms with Crippen molar-refractivity contribution in [3.8, 4) is 0 Å². The van der Waals surface area contributed by atoms with E-state index >= 15 is 0 Å². The van der Waals surface area contributed by atoms with Gasteiger partial charge in [-0.25, -0.2) is 0 Å². The van der Waals surface area contributed by atoms with E-state index in [1.807, 2.05) is 6.92 Å². The molecule has 104 valence electrons. The molecular weight excluding hydrogens is 266 g/mol. The summed E-state index contributed by atoms with van der Waals surface area (Å²) in [7, 11) is 0. The van der Waals surface area contributed by atoms with Gasteiger partial charge in [-0.15, -0.1) is 12.4 Å². The molecule has 1 fully saturated rings. The Morgan fingerprint density at radius 1 is 1.32 bits per heavy atom. The Labute approximate surface area is 118 Å². The molecule has 1 saturated heterocycles. The van der Waals surface area contributed by atoms with Crippen LogP contribution in [-0.2, 0) is 4.79 Å². The number of nitrogens with one attached hydrogen (secondary N) is 2. The van der Waals surface area contributed by atoms with Crippen LogP contribution in [0, 0.1) is 5.41 Å². The molecule has 4 N–H and O–H groups in total. The van der Waals surface area contributed by atoms with Gasteiger partial charge in [-0.05, 0) is 44.2 Å². The number of carbonyl (C=O) groups is 2. The van der Waals surface area contributed by atoms with E-state index in [9.17, 15) is 9.59 Å². The van der Waals surface area contributed by atoms with Gasteiger partial charge >= 0.3 is 0 Å². The van der Waals surface area contributed by atoms with Crippen molar-refractivity contribution < 1.29 is 9.59 Å². The van der Waals surface area contributed by atoms with Crippen molar-refractivity contribution in [3.05, 3.63) is 29.8 Å². The normalized spacial score (nSPS) is 21.5. The van der Waals surface area contributed by atoms with Crippen LogP contribution in [0.25, 0.3) is 0 Å². The van der Waals surface area contributed by atoms with Crippen molar-refractivity contribution in [2.24, 2.45) is 11.1 Å². The first-order valence-electron chi connectivity index (χ1n) is 5.93. The Morgan fingerprint density at radius 3 is 2.42 bits per heavy atom. The van der Waals surface area contributed by atoms with Crippen LogP contribution in [0.5, 0.6) is 0 Å². The van der Waals surface area contributed by atoms with Gasteiger partial charge < -0.3 is 16.4 Å². The third-order valence-corrected chi connectivity index (χ3v) is 3.34. The molecule has 1 unspecified atom stereocenters. The molecule has 2 amide bonds. The second-order valence-electron chi connectivity index (χ2n) is 4.88. The van der Waals surface area contributed by atoms with Gasteiger partial charge in [0.25, 0.3) is 0 Å². The maximum Gasteiger partial charge on any atom is 0.248 e. The molecule has 6 heteroatoms. The summed E-state index contributed by atoms with van der Waals surface area (Å²) in [6, 6.07) is 6.58. The molecule has 1 atom stereocenters. The number of amides is 2. The van der Waals surface area contributed by atoms with E-state index in [0.717, 1.165) is 13.0 Å². The lowest BCUT2D eigenvalue weighted by molar-refractivity contribution is -0.123. The number of hydrogen-bond acceptors (Lipinski definition) is 3. The lowest BCUT2D eigenvalue weighted by atomic mass is 9.89. The monoisotopic (exact) mass is 283 g/mol. The molecule has 1 aliphatic heterocycles. The summed E-state index contributed by atoms with van der Waals surface area (Å²) in [4.78, 5) is 23.0. The van der Waals surface area contributed by atoms with Crippen molar-refractivity contribution in [3.63, 3.8) is 0 Å². The van der Waals surface area contributed by atoms with Crippen LogP contribution in [0.15, 0.2) is 24.3 Å². The summed E-state index contributed by atoms with van der Waals surface area (Å²) >= 11 is 0. The summed E-state index contributed by atoms with van der Waals surface area (Å²) in [6.07, 6.45) is 0.832. The van der Waals surface area contributed by atoms with Gasteiger partial charge in [-0.3, -0.25) is 9.59 Å². The predicted octanol–water partition coefficient (Wildman–Crippen LogP) is 1.15. The first-order chi connectivity index (χ1) is 8.51. The molecule has 1 aliphatic rings. The Kier molecular flexibility index (Phi) is 4.91. The van der Waals surface area contributed by atoms with Gasteiger partial charge in [0.1, 0.15) is 0 Å². The van der Waals surface area contributed by atoms with Gasteiger partial charge in [0.2, 0.25) is 11.8 Å². The SMILES string of the molecule is CC1(C(=O)Nc2ccc(C(N)=O)cc2)CCNC1.Cl. The number of hydrogen-bond donors (Lipinski definition) is 3. The Morgan fingerprint density at radius 2 is 1.95 bits per heavy atom. The van der Waals surface area contributed by atoms with Crippen LogP contribution in [0.4, 0.5) is 5.69 Å². The second-order valence-corrected chi connectivity index (χ2v) is 4.88. The highest BCUT2D eigenvalue weighted by atomic mass is 35.5. The largest absolute Gasteiger partial charge is 0.366 e. The minimum Gasteiger partial charge on any atom is -0.366 e. The van der Waals surface area contributed by atoms with E-state index < -0.39 is 5.91 Å². The molecule has 1 heterocycles. The van der Waals surface area contributed by atoms with E-state index in [2.05, 4.69) is 10.6 Å². The lowest BCUT2D eigenvalue weighted by Crippen LogP contribution is -2.35. The van der Waals surface area contributed by atoms with Crippen molar-refractivity contribution in [1.82, 2.24) is 5.32 Å². The first-order valence-corrected chi connectivity index (χ1v) is 5.93. The molecule has 1 aromatic rings. The van der Waals surface area contributed by atoms with Crippen molar-refractivity contribution in [2.75, 3.05) is 18.4 Å². The maximum atomic E-state index is 12.1. The second kappa shape index (κ2) is 6.04. The summed E-state index contributed by atoms with van der Waals surface area (Å²) in [5, 5.41) is 6.04. The fraction of sp³-hybridized carbons (Fsp3) is 0.385. The lowest BCUT2D eigenvalue weighted by Gasteiger charge is -2.21. The van der Waals surface area contributed by atoms with Crippen LogP contribution in [0.1, 0.15) is 23.7 Å². The zero-order valence-electron chi connectivity index (χ0n) is 10.7. The average Bonchev–Trinajstić information content (AvgIpc) is 2.78. The Bertz CT molecular complexity index is 467. The van der Waals surface area contributed by atoms with Crippen LogP contribution in [-0.4, -0.2) is 24.9 Å². The quantitative estimate of drug-likeness (QED) is 0.778. The number of primary amides is 1. The molecule has 19 heavy (non-hydrogen) atoms. The topological polar surface area (TPSA) is 84.2 Å². The molecular formula is C13H18ClN3O2. The van der Waals surface area contributed by atoms with Gasteiger partial charge in [0, 0.05) is 17.8 Å². The van der Waals surface area contributed by atoms with E-state index in [1.165, 1.54) is 0 Å². The van der Waals surface area contributed by atoms with Crippen LogP contribution in [0.2, 0.25) is 0 Å². The molecule has 0 aromatic heterocycles. The molecule has 0 radical (unpaired) electrons. The van der Waals surface area contributed by atoms with Gasteiger partial charge in [0.15, 0.2) is 0 Å². The number of carbonyl (C=O) groups excluding carboxylic acids is 2. The van der Waals surface area contributed by atoms with Gasteiger partial charge in [0.05, 0.1) is 5.41 Å². The van der Waals surface area contributed by atoms with Crippen molar-refractivity contribution in [2.45, 2.75) is 13.3 Å². The molecule has 2 rings (SSSR count). The molecule has 0 spiro atoms. The summed E-state index contributed by atoms with van der Waals surface area (Å²) < 4.78 is 0. The first kappa shape index (κ1) is 15.5. The summed E-state index contributed by atoms with van der Waals surface area (Å²) in [6.45, 7) is 3.50. The predicted molar refractivity (Wildman–Crippen MR) is 76.4 cm³/mol. The van der Waals surface area contributed by atoms with E-state index in [-0.39, 0.29) is 23.7 Å². The number of rotatable bonds is 3. The standard InChI is InChI=1S/C13H17N3O2.ClH/c1-13(6-7-15-8-13)12(18)16-10-4-2-9(3-5-10)11(14)17;/h2-5,15H,6-8H2,1H3,(H2,14,17)(H,16,18);1H. The fourth-order valence-corrected chi connectivity index (χ4v) is 2.01. The minimum absolute atomic E-state index is 0. The highest BCUT2D eigenvalue weighted by molar-refractivity contribution is 5.97. The Balaban J connectivity index is 0.00000180. The maximum absolute atomic E-state index is 12.1. The molecule has 0 saturated carbocycles. The van der Waals surface area contributed by atoms with Crippen LogP contribution >= 0.6 is 12.4 Å². The molecule has 1 aromatic carbocycles. The average molecular weight is 284 g/mol. The number of halogens is 1. The van der Waals surface area contributed by atoms with Gasteiger partial charge in [-0.1, -0.05) is 0 Å². The van der Waals surface area contributed by atoms with E-state index in [0.29, 0.717) is 17.8 Å². The number of anilines is 1. The van der Waals surface area contributed by atoms with E-state index in [1.54, 1.807) is 24.3 Å². The Hall–Kier alpha value is -1.59. The minimum atomic E-state index is -0.472. The van der Waals surface area contributed by atoms with Crippen molar-refractivity contribution in [1.29, 1.82) is 0 Å². The molecule has 5 nitrogen and oxygen atoms in total. The zero-order valence-corrected chi connectivity index (χ0v) is 11.5. The molecule has 0 aliphatic carbocycles. The highest BCUT2D eigenvalue weighted by Gasteiger charge is 2.36. The number of benzene rings is 1. The highest BCUT2D eigenvalue weighted by Crippen LogP contribution is 2.26. The zero-order chi connectivity index (χ0) is 13.2. The van der Waals surface area contributed by atoms with Gasteiger partial charge in [-0.2, -0.15) is 0 Å².